The summed E-state index contributed by atoms with van der Waals surface area (Å²) in [5.74, 6) is 0.641. The number of hydrogen-bond acceptors (Lipinski definition) is 5. The van der Waals surface area contributed by atoms with E-state index >= 15 is 0 Å². The molecule has 9 nitrogen and oxygen atoms in total. The molecule has 37 heavy (non-hydrogen) atoms. The SMILES string of the molecule is Cc1[nH]c2c(-c3cc(C(F)F)ccc3OCC3CC3)ncnc2c1C(=O)N[C@H]1CC[C@H](NC(=O)O)CC1. The van der Waals surface area contributed by atoms with E-state index in [2.05, 4.69) is 25.6 Å². The van der Waals surface area contributed by atoms with Crippen molar-refractivity contribution in [3.63, 3.8) is 0 Å². The first kappa shape index (κ1) is 24.9. The highest BCUT2D eigenvalue weighted by Gasteiger charge is 2.28. The lowest BCUT2D eigenvalue weighted by molar-refractivity contribution is 0.0924. The summed E-state index contributed by atoms with van der Waals surface area (Å²) in [6.45, 7) is 2.27. The zero-order valence-electron chi connectivity index (χ0n) is 20.4. The quantitative estimate of drug-likeness (QED) is 0.337. The molecule has 2 aromatic heterocycles. The number of carbonyl (C=O) groups is 2. The van der Waals surface area contributed by atoms with E-state index in [9.17, 15) is 18.4 Å². The number of fused-ring (bicyclic) bond motifs is 1. The van der Waals surface area contributed by atoms with Crippen LogP contribution in [0.3, 0.4) is 0 Å². The van der Waals surface area contributed by atoms with Gasteiger partial charge in [-0.15, -0.1) is 0 Å². The highest BCUT2D eigenvalue weighted by Crippen LogP contribution is 2.38. The van der Waals surface area contributed by atoms with Crippen molar-refractivity contribution in [3.8, 4) is 17.0 Å². The van der Waals surface area contributed by atoms with Crippen molar-refractivity contribution in [2.24, 2.45) is 5.92 Å². The normalized spacial score (nSPS) is 19.7. The number of carboxylic acid groups (broad SMARTS) is 1. The first-order valence-corrected chi connectivity index (χ1v) is 12.5. The van der Waals surface area contributed by atoms with E-state index in [0.717, 1.165) is 12.8 Å². The molecule has 2 aliphatic rings. The molecule has 0 aliphatic heterocycles. The molecule has 196 valence electrons. The number of nitrogens with one attached hydrogen (secondary N) is 3. The van der Waals surface area contributed by atoms with Gasteiger partial charge in [0.05, 0.1) is 17.7 Å². The lowest BCUT2D eigenvalue weighted by Gasteiger charge is -2.28. The standard InChI is InChI=1S/C26H29F2N5O4/c1-13-20(25(34)32-16-5-7-17(8-6-16)33-26(35)36)22-23(31-13)21(29-12-30-22)18-10-15(24(27)28)4-9-19(18)37-11-14-2-3-14/h4,9-10,12,14,16-17,24,31,33H,2-3,5-8,11H2,1H3,(H,32,34)(H,35,36)/t16-,17-. The number of aryl methyl sites for hydroxylation is 1. The van der Waals surface area contributed by atoms with Gasteiger partial charge in [-0.2, -0.15) is 0 Å². The second-order valence-corrected chi connectivity index (χ2v) is 9.85. The molecule has 5 rings (SSSR count). The van der Waals surface area contributed by atoms with Gasteiger partial charge >= 0.3 is 6.09 Å². The van der Waals surface area contributed by atoms with E-state index in [0.29, 0.717) is 77.5 Å². The highest BCUT2D eigenvalue weighted by molar-refractivity contribution is 6.09. The molecule has 0 radical (unpaired) electrons. The molecule has 2 saturated carbocycles. The van der Waals surface area contributed by atoms with Gasteiger partial charge in [-0.05, 0) is 69.6 Å². The molecule has 3 aromatic rings. The Labute approximate surface area is 212 Å². The first-order chi connectivity index (χ1) is 17.8. The van der Waals surface area contributed by atoms with Crippen LogP contribution in [0.15, 0.2) is 24.5 Å². The van der Waals surface area contributed by atoms with E-state index in [4.69, 9.17) is 9.84 Å². The van der Waals surface area contributed by atoms with Gasteiger partial charge in [0.1, 0.15) is 23.3 Å². The monoisotopic (exact) mass is 513 g/mol. The molecule has 4 N–H and O–H groups in total. The summed E-state index contributed by atoms with van der Waals surface area (Å²) in [5, 5.41) is 14.5. The fraction of sp³-hybridized carbons (Fsp3) is 0.462. The second kappa shape index (κ2) is 10.3. The molecule has 2 fully saturated rings. The summed E-state index contributed by atoms with van der Waals surface area (Å²) in [4.78, 5) is 36.1. The number of H-pyrrole nitrogens is 1. The summed E-state index contributed by atoms with van der Waals surface area (Å²) in [6, 6.07) is 4.08. The van der Waals surface area contributed by atoms with E-state index < -0.39 is 12.5 Å². The van der Waals surface area contributed by atoms with Crippen LogP contribution < -0.4 is 15.4 Å². The Morgan fingerprint density at radius 1 is 1.11 bits per heavy atom. The number of alkyl halides is 2. The van der Waals surface area contributed by atoms with E-state index in [1.807, 2.05) is 0 Å². The first-order valence-electron chi connectivity index (χ1n) is 12.5. The molecular weight excluding hydrogens is 484 g/mol. The number of hydrogen-bond donors (Lipinski definition) is 4. The number of aromatic nitrogens is 3. The maximum absolute atomic E-state index is 13.5. The zero-order valence-corrected chi connectivity index (χ0v) is 20.4. The Hall–Kier alpha value is -3.76. The summed E-state index contributed by atoms with van der Waals surface area (Å²) >= 11 is 0. The molecule has 0 unspecified atom stereocenters. The van der Waals surface area contributed by atoms with Crippen molar-refractivity contribution >= 4 is 23.0 Å². The Balaban J connectivity index is 1.43. The largest absolute Gasteiger partial charge is 0.493 e. The molecule has 11 heteroatoms. The Morgan fingerprint density at radius 3 is 2.46 bits per heavy atom. The van der Waals surface area contributed by atoms with Gasteiger partial charge in [-0.3, -0.25) is 4.79 Å². The number of amides is 2. The minimum absolute atomic E-state index is 0.0878. The maximum Gasteiger partial charge on any atom is 0.404 e. The fourth-order valence-corrected chi connectivity index (χ4v) is 4.90. The van der Waals surface area contributed by atoms with Gasteiger partial charge in [-0.25, -0.2) is 23.5 Å². The van der Waals surface area contributed by atoms with Crippen LogP contribution in [-0.2, 0) is 0 Å². The average molecular weight is 514 g/mol. The molecule has 0 saturated heterocycles. The van der Waals surface area contributed by atoms with Crippen molar-refractivity contribution in [2.45, 2.75) is 64.0 Å². The van der Waals surface area contributed by atoms with Gasteiger partial charge < -0.3 is 25.5 Å². The van der Waals surface area contributed by atoms with Crippen LogP contribution in [0, 0.1) is 12.8 Å². The number of ether oxygens (including phenoxy) is 1. The molecule has 2 heterocycles. The number of aromatic amines is 1. The van der Waals surface area contributed by atoms with Crippen LogP contribution in [0.2, 0.25) is 0 Å². The summed E-state index contributed by atoms with van der Waals surface area (Å²) in [7, 11) is 0. The van der Waals surface area contributed by atoms with E-state index in [1.54, 1.807) is 13.0 Å². The topological polar surface area (TPSA) is 129 Å². The third-order valence-corrected chi connectivity index (χ3v) is 7.07. The molecule has 0 bridgehead atoms. The van der Waals surface area contributed by atoms with Crippen LogP contribution in [0.4, 0.5) is 13.6 Å². The molecule has 2 amide bonds. The van der Waals surface area contributed by atoms with Crippen molar-refractivity contribution in [3.05, 3.63) is 41.3 Å². The predicted molar refractivity (Wildman–Crippen MR) is 132 cm³/mol. The minimum Gasteiger partial charge on any atom is -0.493 e. The Kier molecular flexibility index (Phi) is 6.94. The molecule has 0 atom stereocenters. The van der Waals surface area contributed by atoms with E-state index in [-0.39, 0.29) is 23.6 Å². The Bertz CT molecular complexity index is 1320. The third-order valence-electron chi connectivity index (χ3n) is 7.07. The lowest BCUT2D eigenvalue weighted by Crippen LogP contribution is -2.43. The van der Waals surface area contributed by atoms with Gasteiger partial charge in [0, 0.05) is 28.9 Å². The van der Waals surface area contributed by atoms with E-state index in [1.165, 1.54) is 18.5 Å². The smallest absolute Gasteiger partial charge is 0.404 e. The highest BCUT2D eigenvalue weighted by atomic mass is 19.3. The number of nitrogens with zero attached hydrogens (tertiary/aromatic N) is 2. The van der Waals surface area contributed by atoms with Crippen molar-refractivity contribution in [2.75, 3.05) is 6.61 Å². The maximum atomic E-state index is 13.5. The minimum atomic E-state index is -2.65. The van der Waals surface area contributed by atoms with Crippen LogP contribution in [-0.4, -0.2) is 50.7 Å². The molecule has 2 aliphatic carbocycles. The van der Waals surface area contributed by atoms with Crippen LogP contribution in [0.25, 0.3) is 22.3 Å². The molecule has 1 aromatic carbocycles. The summed E-state index contributed by atoms with van der Waals surface area (Å²) < 4.78 is 33.1. The number of benzene rings is 1. The number of halogens is 2. The van der Waals surface area contributed by atoms with Gasteiger partial charge in [-0.1, -0.05) is 0 Å². The number of rotatable bonds is 8. The van der Waals surface area contributed by atoms with Crippen molar-refractivity contribution < 1.29 is 28.2 Å². The summed E-state index contributed by atoms with van der Waals surface area (Å²) in [6.07, 6.45) is 2.40. The fourth-order valence-electron chi connectivity index (χ4n) is 4.90. The third kappa shape index (κ3) is 5.50. The van der Waals surface area contributed by atoms with Crippen molar-refractivity contribution in [1.29, 1.82) is 0 Å². The molecule has 0 spiro atoms. The lowest BCUT2D eigenvalue weighted by atomic mass is 9.91. The van der Waals surface area contributed by atoms with Gasteiger partial charge in [0.25, 0.3) is 12.3 Å². The average Bonchev–Trinajstić information content (AvgIpc) is 3.63. The van der Waals surface area contributed by atoms with Gasteiger partial charge in [0.2, 0.25) is 0 Å². The zero-order chi connectivity index (χ0) is 26.1. The predicted octanol–water partition coefficient (Wildman–Crippen LogP) is 4.97. The molecular formula is C26H29F2N5O4. The van der Waals surface area contributed by atoms with Crippen LogP contribution >= 0.6 is 0 Å². The van der Waals surface area contributed by atoms with Crippen molar-refractivity contribution in [1.82, 2.24) is 25.6 Å². The number of carbonyl (C=O) groups excluding carboxylic acids is 1. The Morgan fingerprint density at radius 2 is 1.81 bits per heavy atom. The second-order valence-electron chi connectivity index (χ2n) is 9.85. The van der Waals surface area contributed by atoms with Crippen LogP contribution in [0.5, 0.6) is 5.75 Å². The van der Waals surface area contributed by atoms with Gasteiger partial charge in [0.15, 0.2) is 0 Å². The summed E-state index contributed by atoms with van der Waals surface area (Å²) in [5.41, 5.74) is 2.49. The van der Waals surface area contributed by atoms with Crippen LogP contribution in [0.1, 0.15) is 66.6 Å².